The monoisotopic (exact) mass is 553 g/mol. The first kappa shape index (κ1) is 26.7. The average Bonchev–Trinajstić information content (AvgIpc) is 3.36. The topological polar surface area (TPSA) is 133 Å². The van der Waals surface area contributed by atoms with Crippen LogP contribution in [0.2, 0.25) is 0 Å². The van der Waals surface area contributed by atoms with Gasteiger partial charge in [0, 0.05) is 35.5 Å². The van der Waals surface area contributed by atoms with Crippen molar-refractivity contribution < 1.29 is 24.1 Å². The van der Waals surface area contributed by atoms with Gasteiger partial charge in [0.1, 0.15) is 17.3 Å². The number of hydrogen-bond acceptors (Lipinski definition) is 7. The second-order valence-corrected chi connectivity index (χ2v) is 10.6. The van der Waals surface area contributed by atoms with Crippen LogP contribution in [0.4, 0.5) is 10.2 Å². The maximum absolute atomic E-state index is 14.8. The second-order valence-electron chi connectivity index (χ2n) is 10.6. The van der Waals surface area contributed by atoms with Gasteiger partial charge in [-0.3, -0.25) is 9.78 Å². The number of hydrogen-bond donors (Lipinski definition) is 4. The Balaban J connectivity index is 1.33. The summed E-state index contributed by atoms with van der Waals surface area (Å²) in [4.78, 5) is 29.7. The molecule has 0 atom stereocenters. The van der Waals surface area contributed by atoms with Crippen LogP contribution in [0.5, 0.6) is 0 Å². The van der Waals surface area contributed by atoms with Crippen molar-refractivity contribution >= 4 is 22.8 Å². The standard InChI is InChI=1S/C31H28FN5O4/c1-31(2,40)19-4-5-22(25(32)11-19)30(39)37-29-24(14-38)21(8-10-34-29)20-7-9-33-28-23(20)12-27(36-28)26-6-3-17(13-35-26)18-15-41-16-18/h3-13,18,38,40H,14-16H2,1-2H3,(H,33,36)(H,34,37,39). The van der Waals surface area contributed by atoms with Gasteiger partial charge in [-0.2, -0.15) is 0 Å². The number of nitrogens with one attached hydrogen (secondary N) is 2. The predicted molar refractivity (Wildman–Crippen MR) is 152 cm³/mol. The molecule has 4 aromatic heterocycles. The molecule has 1 aliphatic rings. The van der Waals surface area contributed by atoms with Crippen molar-refractivity contribution in [3.05, 3.63) is 95.2 Å². The zero-order valence-corrected chi connectivity index (χ0v) is 22.5. The smallest absolute Gasteiger partial charge is 0.259 e. The average molecular weight is 554 g/mol. The number of benzene rings is 1. The Hall–Kier alpha value is -4.51. The molecule has 0 unspecified atom stereocenters. The summed E-state index contributed by atoms with van der Waals surface area (Å²) >= 11 is 0. The number of aromatic nitrogens is 4. The van der Waals surface area contributed by atoms with Gasteiger partial charge < -0.3 is 25.3 Å². The van der Waals surface area contributed by atoms with Gasteiger partial charge in [-0.25, -0.2) is 14.4 Å². The summed E-state index contributed by atoms with van der Waals surface area (Å²) in [5, 5.41) is 23.9. The van der Waals surface area contributed by atoms with Gasteiger partial charge in [-0.05, 0) is 72.5 Å². The number of aliphatic hydroxyl groups is 2. The molecule has 9 nitrogen and oxygen atoms in total. The third kappa shape index (κ3) is 5.08. The van der Waals surface area contributed by atoms with Gasteiger partial charge in [-0.1, -0.05) is 12.1 Å². The van der Waals surface area contributed by atoms with Crippen LogP contribution in [0.25, 0.3) is 33.5 Å². The lowest BCUT2D eigenvalue weighted by Crippen LogP contribution is -2.25. The van der Waals surface area contributed by atoms with Crippen LogP contribution >= 0.6 is 0 Å². The highest BCUT2D eigenvalue weighted by molar-refractivity contribution is 6.05. The molecule has 1 aliphatic heterocycles. The van der Waals surface area contributed by atoms with E-state index in [2.05, 4.69) is 31.3 Å². The molecule has 0 aliphatic carbocycles. The number of rotatable bonds is 7. The van der Waals surface area contributed by atoms with Crippen LogP contribution < -0.4 is 5.32 Å². The molecule has 1 amide bonds. The highest BCUT2D eigenvalue weighted by atomic mass is 19.1. The van der Waals surface area contributed by atoms with Crippen molar-refractivity contribution in [3.8, 4) is 22.5 Å². The van der Waals surface area contributed by atoms with Crippen molar-refractivity contribution in [1.29, 1.82) is 0 Å². The Morgan fingerprint density at radius 2 is 1.85 bits per heavy atom. The first-order chi connectivity index (χ1) is 19.7. The van der Waals surface area contributed by atoms with E-state index < -0.39 is 23.9 Å². The number of aliphatic hydroxyl groups excluding tert-OH is 1. The minimum atomic E-state index is -1.26. The molecule has 1 aromatic carbocycles. The van der Waals surface area contributed by atoms with Gasteiger partial charge in [-0.15, -0.1) is 0 Å². The van der Waals surface area contributed by atoms with Crippen LogP contribution in [0.1, 0.15) is 46.8 Å². The number of ether oxygens (including phenoxy) is 1. The summed E-state index contributed by atoms with van der Waals surface area (Å²) in [6.07, 6.45) is 5.04. The van der Waals surface area contributed by atoms with Gasteiger partial charge in [0.05, 0.1) is 42.4 Å². The molecule has 1 fully saturated rings. The van der Waals surface area contributed by atoms with Gasteiger partial charge in [0.15, 0.2) is 0 Å². The number of pyridine rings is 3. The lowest BCUT2D eigenvalue weighted by Gasteiger charge is -2.25. The first-order valence-electron chi connectivity index (χ1n) is 13.2. The molecular formula is C31H28FN5O4. The Labute approximate surface area is 235 Å². The highest BCUT2D eigenvalue weighted by Gasteiger charge is 2.23. The number of carbonyl (C=O) groups is 1. The van der Waals surface area contributed by atoms with Crippen LogP contribution in [0, 0.1) is 5.82 Å². The summed E-state index contributed by atoms with van der Waals surface area (Å²) in [7, 11) is 0. The fourth-order valence-corrected chi connectivity index (χ4v) is 4.90. The quantitative estimate of drug-likeness (QED) is 0.225. The van der Waals surface area contributed by atoms with Crippen molar-refractivity contribution in [1.82, 2.24) is 19.9 Å². The van der Waals surface area contributed by atoms with Crippen molar-refractivity contribution in [2.75, 3.05) is 18.5 Å². The lowest BCUT2D eigenvalue weighted by molar-refractivity contribution is 0.00830. The Morgan fingerprint density at radius 3 is 2.51 bits per heavy atom. The minimum Gasteiger partial charge on any atom is -0.392 e. The van der Waals surface area contributed by atoms with E-state index in [1.807, 2.05) is 24.4 Å². The fraction of sp³-hybridized carbons (Fsp3) is 0.226. The lowest BCUT2D eigenvalue weighted by atomic mass is 9.96. The zero-order valence-electron chi connectivity index (χ0n) is 22.5. The molecule has 0 saturated carbocycles. The van der Waals surface area contributed by atoms with Crippen LogP contribution in [-0.4, -0.2) is 49.3 Å². The maximum Gasteiger partial charge on any atom is 0.259 e. The Bertz CT molecular complexity index is 1760. The number of carbonyl (C=O) groups excluding carboxylic acids is 1. The van der Waals surface area contributed by atoms with E-state index in [9.17, 15) is 19.4 Å². The summed E-state index contributed by atoms with van der Waals surface area (Å²) < 4.78 is 20.1. The molecule has 1 saturated heterocycles. The van der Waals surface area contributed by atoms with Crippen LogP contribution in [0.15, 0.2) is 67.1 Å². The molecule has 0 spiro atoms. The van der Waals surface area contributed by atoms with Gasteiger partial charge >= 0.3 is 0 Å². The van der Waals surface area contributed by atoms with E-state index in [1.165, 1.54) is 32.2 Å². The normalized spacial score (nSPS) is 13.8. The summed E-state index contributed by atoms with van der Waals surface area (Å²) in [5.41, 5.74) is 3.98. The van der Waals surface area contributed by atoms with Gasteiger partial charge in [0.2, 0.25) is 0 Å². The molecule has 6 rings (SSSR count). The number of anilines is 1. The molecule has 10 heteroatoms. The Morgan fingerprint density at radius 1 is 1.07 bits per heavy atom. The SMILES string of the molecule is CC(C)(O)c1ccc(C(=O)Nc2nccc(-c3ccnc4[nH]c(-c5ccc(C6COC6)cn5)cc34)c2CO)c(F)c1. The molecule has 0 radical (unpaired) electrons. The highest BCUT2D eigenvalue weighted by Crippen LogP contribution is 2.35. The van der Waals surface area contributed by atoms with E-state index in [4.69, 9.17) is 4.74 Å². The summed E-state index contributed by atoms with van der Waals surface area (Å²) in [5.74, 6) is -1.01. The molecule has 5 heterocycles. The number of H-pyrrole nitrogens is 1. The fourth-order valence-electron chi connectivity index (χ4n) is 4.90. The van der Waals surface area contributed by atoms with E-state index in [0.29, 0.717) is 41.5 Å². The number of nitrogens with zero attached hydrogens (tertiary/aromatic N) is 3. The third-order valence-electron chi connectivity index (χ3n) is 7.36. The molecule has 0 bridgehead atoms. The molecule has 41 heavy (non-hydrogen) atoms. The van der Waals surface area contributed by atoms with Crippen molar-refractivity contribution in [3.63, 3.8) is 0 Å². The second kappa shape index (κ2) is 10.5. The van der Waals surface area contributed by atoms with Gasteiger partial charge in [0.25, 0.3) is 5.91 Å². The van der Waals surface area contributed by atoms with E-state index >= 15 is 0 Å². The van der Waals surface area contributed by atoms with Crippen molar-refractivity contribution in [2.24, 2.45) is 0 Å². The zero-order chi connectivity index (χ0) is 28.7. The maximum atomic E-state index is 14.8. The Kier molecular flexibility index (Phi) is 6.82. The van der Waals surface area contributed by atoms with E-state index in [-0.39, 0.29) is 11.4 Å². The summed E-state index contributed by atoms with van der Waals surface area (Å²) in [6.45, 7) is 4.07. The first-order valence-corrected chi connectivity index (χ1v) is 13.2. The molecule has 5 aromatic rings. The van der Waals surface area contributed by atoms with Crippen LogP contribution in [-0.2, 0) is 16.9 Å². The van der Waals surface area contributed by atoms with E-state index in [0.717, 1.165) is 34.0 Å². The largest absolute Gasteiger partial charge is 0.392 e. The molecule has 208 valence electrons. The number of fused-ring (bicyclic) bond motifs is 1. The van der Waals surface area contributed by atoms with E-state index in [1.54, 1.807) is 12.3 Å². The van der Waals surface area contributed by atoms with Crippen molar-refractivity contribution in [2.45, 2.75) is 32.0 Å². The minimum absolute atomic E-state index is 0.110. The number of halogens is 1. The third-order valence-corrected chi connectivity index (χ3v) is 7.36. The number of amides is 1. The molecule has 4 N–H and O–H groups in total. The predicted octanol–water partition coefficient (Wildman–Crippen LogP) is 4.91. The molecular weight excluding hydrogens is 525 g/mol. The van der Waals surface area contributed by atoms with Crippen LogP contribution in [0.3, 0.4) is 0 Å². The number of aromatic amines is 1. The summed E-state index contributed by atoms with van der Waals surface area (Å²) in [6, 6.07) is 13.5.